The molecule has 0 saturated carbocycles. The lowest BCUT2D eigenvalue weighted by molar-refractivity contribution is -0.146. The van der Waals surface area contributed by atoms with Gasteiger partial charge in [0.2, 0.25) is 5.91 Å². The van der Waals surface area contributed by atoms with E-state index in [0.717, 1.165) is 5.56 Å². The fraction of sp³-hybridized carbons (Fsp3) is 0.429. The number of benzene rings is 1. The summed E-state index contributed by atoms with van der Waals surface area (Å²) in [6, 6.07) is 7.43. The molecule has 0 unspecified atom stereocenters. The van der Waals surface area contributed by atoms with Crippen molar-refractivity contribution in [2.24, 2.45) is 0 Å². The summed E-state index contributed by atoms with van der Waals surface area (Å²) in [5, 5.41) is 0.659. The lowest BCUT2D eigenvalue weighted by atomic mass is 10.1. The normalized spacial score (nSPS) is 10.1. The zero-order chi connectivity index (χ0) is 14.3. The largest absolute Gasteiger partial charge is 0.468 e. The summed E-state index contributed by atoms with van der Waals surface area (Å²) in [6.07, 6.45) is 0.894. The Hall–Kier alpha value is -1.55. The predicted octanol–water partition coefficient (Wildman–Crippen LogP) is 2.29. The average Bonchev–Trinajstić information content (AvgIpc) is 2.43. The van der Waals surface area contributed by atoms with E-state index in [4.69, 9.17) is 11.6 Å². The van der Waals surface area contributed by atoms with Crippen molar-refractivity contribution in [2.45, 2.75) is 19.8 Å². The molecule has 19 heavy (non-hydrogen) atoms. The minimum Gasteiger partial charge on any atom is -0.468 e. The third-order valence-corrected chi connectivity index (χ3v) is 3.22. The first-order valence-corrected chi connectivity index (χ1v) is 6.54. The van der Waals surface area contributed by atoms with Gasteiger partial charge in [-0.05, 0) is 25.0 Å². The van der Waals surface area contributed by atoms with Gasteiger partial charge in [0.15, 0.2) is 0 Å². The van der Waals surface area contributed by atoms with Gasteiger partial charge in [-0.25, -0.2) is 0 Å². The SMILES string of the molecule is CCN(CC(=O)OC)C(=O)CCc1ccccc1Cl. The van der Waals surface area contributed by atoms with Crippen molar-refractivity contribution in [3.63, 3.8) is 0 Å². The van der Waals surface area contributed by atoms with Crippen molar-refractivity contribution in [2.75, 3.05) is 20.2 Å². The van der Waals surface area contributed by atoms with Gasteiger partial charge in [0.25, 0.3) is 0 Å². The molecule has 0 spiro atoms. The molecule has 104 valence electrons. The Kier molecular flexibility index (Phi) is 6.36. The van der Waals surface area contributed by atoms with Gasteiger partial charge >= 0.3 is 5.97 Å². The standard InChI is InChI=1S/C14H18ClNO3/c1-3-16(10-14(18)19-2)13(17)9-8-11-6-4-5-7-12(11)15/h4-7H,3,8-10H2,1-2H3. The fourth-order valence-electron chi connectivity index (χ4n) is 1.70. The van der Waals surface area contributed by atoms with Crippen LogP contribution < -0.4 is 0 Å². The van der Waals surface area contributed by atoms with Crippen molar-refractivity contribution >= 4 is 23.5 Å². The van der Waals surface area contributed by atoms with Crippen LogP contribution in [-0.4, -0.2) is 37.0 Å². The highest BCUT2D eigenvalue weighted by molar-refractivity contribution is 6.31. The number of rotatable bonds is 6. The van der Waals surface area contributed by atoms with Gasteiger partial charge in [0.05, 0.1) is 7.11 Å². The van der Waals surface area contributed by atoms with Gasteiger partial charge in [-0.15, -0.1) is 0 Å². The Balaban J connectivity index is 2.54. The van der Waals surface area contributed by atoms with Gasteiger partial charge in [0, 0.05) is 18.0 Å². The number of carbonyl (C=O) groups is 2. The third kappa shape index (κ3) is 4.91. The number of halogens is 1. The Morgan fingerprint density at radius 1 is 1.32 bits per heavy atom. The van der Waals surface area contributed by atoms with Crippen LogP contribution in [0.3, 0.4) is 0 Å². The van der Waals surface area contributed by atoms with Crippen LogP contribution in [0.1, 0.15) is 18.9 Å². The molecule has 0 aliphatic carbocycles. The molecule has 0 bridgehead atoms. The molecule has 1 amide bonds. The van der Waals surface area contributed by atoms with Crippen molar-refractivity contribution in [1.29, 1.82) is 0 Å². The van der Waals surface area contributed by atoms with E-state index in [2.05, 4.69) is 4.74 Å². The number of amides is 1. The van der Waals surface area contributed by atoms with Crippen LogP contribution in [-0.2, 0) is 20.7 Å². The Morgan fingerprint density at radius 3 is 2.58 bits per heavy atom. The number of hydrogen-bond acceptors (Lipinski definition) is 3. The number of likely N-dealkylation sites (N-methyl/N-ethyl adjacent to an activating group) is 1. The highest BCUT2D eigenvalue weighted by Gasteiger charge is 2.15. The summed E-state index contributed by atoms with van der Waals surface area (Å²) in [4.78, 5) is 24.6. The van der Waals surface area contributed by atoms with Crippen molar-refractivity contribution in [1.82, 2.24) is 4.90 Å². The molecular formula is C14H18ClNO3. The van der Waals surface area contributed by atoms with Crippen LogP contribution in [0.4, 0.5) is 0 Å². The molecule has 0 heterocycles. The molecule has 5 heteroatoms. The molecular weight excluding hydrogens is 266 g/mol. The summed E-state index contributed by atoms with van der Waals surface area (Å²) in [5.74, 6) is -0.485. The van der Waals surface area contributed by atoms with Gasteiger partial charge < -0.3 is 9.64 Å². The molecule has 0 N–H and O–H groups in total. The van der Waals surface area contributed by atoms with Gasteiger partial charge in [-0.3, -0.25) is 9.59 Å². The lowest BCUT2D eigenvalue weighted by Gasteiger charge is -2.19. The first-order valence-electron chi connectivity index (χ1n) is 6.16. The summed E-state index contributed by atoms with van der Waals surface area (Å²) in [5.41, 5.74) is 0.937. The maximum atomic E-state index is 12.0. The number of aryl methyl sites for hydroxylation is 1. The van der Waals surface area contributed by atoms with Gasteiger partial charge in [0.1, 0.15) is 6.54 Å². The van der Waals surface area contributed by atoms with Crippen LogP contribution in [0.5, 0.6) is 0 Å². The number of carbonyl (C=O) groups excluding carboxylic acids is 2. The van der Waals surface area contributed by atoms with Crippen molar-refractivity contribution in [3.05, 3.63) is 34.9 Å². The zero-order valence-electron chi connectivity index (χ0n) is 11.2. The number of esters is 1. The maximum absolute atomic E-state index is 12.0. The second-order valence-corrected chi connectivity index (χ2v) is 4.48. The summed E-state index contributed by atoms with van der Waals surface area (Å²) >= 11 is 6.03. The molecule has 0 atom stereocenters. The average molecular weight is 284 g/mol. The van der Waals surface area contributed by atoms with E-state index < -0.39 is 5.97 Å². The lowest BCUT2D eigenvalue weighted by Crippen LogP contribution is -2.36. The zero-order valence-corrected chi connectivity index (χ0v) is 11.9. The first kappa shape index (κ1) is 15.5. The van der Waals surface area contributed by atoms with Crippen LogP contribution in [0.15, 0.2) is 24.3 Å². The fourth-order valence-corrected chi connectivity index (χ4v) is 1.93. The van der Waals surface area contributed by atoms with E-state index in [0.29, 0.717) is 24.4 Å². The van der Waals surface area contributed by atoms with E-state index in [1.165, 1.54) is 12.0 Å². The quantitative estimate of drug-likeness (QED) is 0.753. The van der Waals surface area contributed by atoms with E-state index >= 15 is 0 Å². The molecule has 0 saturated heterocycles. The Morgan fingerprint density at radius 2 is 2.00 bits per heavy atom. The van der Waals surface area contributed by atoms with Crippen molar-refractivity contribution in [3.8, 4) is 0 Å². The topological polar surface area (TPSA) is 46.6 Å². The van der Waals surface area contributed by atoms with Crippen molar-refractivity contribution < 1.29 is 14.3 Å². The Labute approximate surface area is 118 Å². The second kappa shape index (κ2) is 7.79. The summed E-state index contributed by atoms with van der Waals surface area (Å²) in [7, 11) is 1.31. The molecule has 4 nitrogen and oxygen atoms in total. The molecule has 1 aromatic carbocycles. The molecule has 0 fully saturated rings. The first-order chi connectivity index (χ1) is 9.08. The van der Waals surface area contributed by atoms with E-state index in [1.807, 2.05) is 25.1 Å². The minimum atomic E-state index is -0.409. The predicted molar refractivity (Wildman–Crippen MR) is 74.0 cm³/mol. The molecule has 0 aliphatic rings. The second-order valence-electron chi connectivity index (χ2n) is 4.08. The van der Waals surface area contributed by atoms with Crippen LogP contribution >= 0.6 is 11.6 Å². The third-order valence-electron chi connectivity index (χ3n) is 2.85. The molecule has 0 aliphatic heterocycles. The van der Waals surface area contributed by atoms with E-state index in [9.17, 15) is 9.59 Å². The molecule has 0 aromatic heterocycles. The number of ether oxygens (including phenoxy) is 1. The molecule has 1 aromatic rings. The molecule has 0 radical (unpaired) electrons. The highest BCUT2D eigenvalue weighted by Crippen LogP contribution is 2.16. The Bertz CT molecular complexity index is 448. The van der Waals surface area contributed by atoms with Gasteiger partial charge in [-0.2, -0.15) is 0 Å². The van der Waals surface area contributed by atoms with Crippen LogP contribution in [0.25, 0.3) is 0 Å². The van der Waals surface area contributed by atoms with Crippen LogP contribution in [0.2, 0.25) is 5.02 Å². The summed E-state index contributed by atoms with van der Waals surface area (Å²) in [6.45, 7) is 2.31. The number of nitrogens with zero attached hydrogens (tertiary/aromatic N) is 1. The summed E-state index contributed by atoms with van der Waals surface area (Å²) < 4.78 is 4.56. The number of methoxy groups -OCH3 is 1. The van der Waals surface area contributed by atoms with Gasteiger partial charge in [-0.1, -0.05) is 29.8 Å². The van der Waals surface area contributed by atoms with E-state index in [1.54, 1.807) is 6.07 Å². The maximum Gasteiger partial charge on any atom is 0.325 e. The minimum absolute atomic E-state index is 0.00560. The van der Waals surface area contributed by atoms with Crippen LogP contribution in [0, 0.1) is 0 Å². The highest BCUT2D eigenvalue weighted by atomic mass is 35.5. The van der Waals surface area contributed by atoms with E-state index in [-0.39, 0.29) is 12.5 Å². The smallest absolute Gasteiger partial charge is 0.325 e. The molecule has 1 rings (SSSR count). The number of hydrogen-bond donors (Lipinski definition) is 0. The monoisotopic (exact) mass is 283 g/mol.